The standard InChI is InChI=1S/C14H15N3/c15-6-10-3-13(9-17-7-10)12-4-11-1-2-16-8-14(11)5-12/h3-4,7,9,11,14,16H,1-2,5,8H2/t11-,14-/m0/s1. The van der Waals surface area contributed by atoms with E-state index in [9.17, 15) is 0 Å². The van der Waals surface area contributed by atoms with Crippen molar-refractivity contribution in [1.29, 1.82) is 5.26 Å². The summed E-state index contributed by atoms with van der Waals surface area (Å²) in [6.45, 7) is 2.25. The summed E-state index contributed by atoms with van der Waals surface area (Å²) in [6, 6.07) is 4.10. The Morgan fingerprint density at radius 3 is 3.18 bits per heavy atom. The number of pyridine rings is 1. The minimum atomic E-state index is 0.649. The van der Waals surface area contributed by atoms with Crippen molar-refractivity contribution >= 4 is 5.57 Å². The number of piperidine rings is 1. The molecule has 86 valence electrons. The van der Waals surface area contributed by atoms with E-state index in [1.807, 2.05) is 12.3 Å². The van der Waals surface area contributed by atoms with Crippen LogP contribution in [0.15, 0.2) is 24.5 Å². The van der Waals surface area contributed by atoms with Crippen LogP contribution in [0, 0.1) is 23.2 Å². The molecule has 17 heavy (non-hydrogen) atoms. The van der Waals surface area contributed by atoms with E-state index < -0.39 is 0 Å². The van der Waals surface area contributed by atoms with Crippen molar-refractivity contribution in [2.45, 2.75) is 12.8 Å². The van der Waals surface area contributed by atoms with Crippen LogP contribution >= 0.6 is 0 Å². The first-order chi connectivity index (χ1) is 8.36. The zero-order valence-corrected chi connectivity index (χ0v) is 9.69. The summed E-state index contributed by atoms with van der Waals surface area (Å²) in [5.74, 6) is 1.46. The van der Waals surface area contributed by atoms with Gasteiger partial charge in [0.1, 0.15) is 6.07 Å². The summed E-state index contributed by atoms with van der Waals surface area (Å²) in [6.07, 6.45) is 8.24. The van der Waals surface area contributed by atoms with Gasteiger partial charge in [0.2, 0.25) is 0 Å². The van der Waals surface area contributed by atoms with Crippen molar-refractivity contribution in [2.24, 2.45) is 11.8 Å². The molecule has 1 saturated heterocycles. The van der Waals surface area contributed by atoms with Crippen LogP contribution in [0.25, 0.3) is 5.57 Å². The van der Waals surface area contributed by atoms with Gasteiger partial charge in [-0.2, -0.15) is 5.26 Å². The average Bonchev–Trinajstić information content (AvgIpc) is 2.82. The molecule has 0 radical (unpaired) electrons. The molecule has 1 fully saturated rings. The summed E-state index contributed by atoms with van der Waals surface area (Å²) in [7, 11) is 0. The van der Waals surface area contributed by atoms with Crippen LogP contribution in [0.3, 0.4) is 0 Å². The largest absolute Gasteiger partial charge is 0.316 e. The maximum absolute atomic E-state index is 8.89. The Balaban J connectivity index is 1.87. The highest BCUT2D eigenvalue weighted by Gasteiger charge is 2.30. The number of allylic oxidation sites excluding steroid dienone is 2. The molecular weight excluding hydrogens is 210 g/mol. The van der Waals surface area contributed by atoms with E-state index in [-0.39, 0.29) is 0 Å². The zero-order chi connectivity index (χ0) is 11.7. The maximum Gasteiger partial charge on any atom is 0.101 e. The number of hydrogen-bond acceptors (Lipinski definition) is 3. The molecule has 2 aliphatic rings. The predicted octanol–water partition coefficient (Wildman–Crippen LogP) is 1.97. The number of hydrogen-bond donors (Lipinski definition) is 1. The second kappa shape index (κ2) is 4.31. The molecule has 0 bridgehead atoms. The van der Waals surface area contributed by atoms with Crippen molar-refractivity contribution in [1.82, 2.24) is 10.3 Å². The van der Waals surface area contributed by atoms with Gasteiger partial charge < -0.3 is 5.32 Å². The Kier molecular flexibility index (Phi) is 2.66. The zero-order valence-electron chi connectivity index (χ0n) is 9.69. The van der Waals surface area contributed by atoms with Crippen LogP contribution in [-0.2, 0) is 0 Å². The van der Waals surface area contributed by atoms with Crippen molar-refractivity contribution in [3.05, 3.63) is 35.7 Å². The molecule has 0 aromatic carbocycles. The van der Waals surface area contributed by atoms with E-state index >= 15 is 0 Å². The van der Waals surface area contributed by atoms with Crippen molar-refractivity contribution in [2.75, 3.05) is 13.1 Å². The summed E-state index contributed by atoms with van der Waals surface area (Å²) in [5.41, 5.74) is 3.14. The molecule has 1 N–H and O–H groups in total. The fourth-order valence-electron chi connectivity index (χ4n) is 2.89. The van der Waals surface area contributed by atoms with E-state index in [1.165, 1.54) is 12.0 Å². The minimum Gasteiger partial charge on any atom is -0.316 e. The van der Waals surface area contributed by atoms with E-state index in [4.69, 9.17) is 5.26 Å². The van der Waals surface area contributed by atoms with Gasteiger partial charge in [0, 0.05) is 12.4 Å². The van der Waals surface area contributed by atoms with Gasteiger partial charge in [0.25, 0.3) is 0 Å². The molecule has 1 aliphatic heterocycles. The van der Waals surface area contributed by atoms with Crippen LogP contribution in [0.2, 0.25) is 0 Å². The highest BCUT2D eigenvalue weighted by Crippen LogP contribution is 2.38. The van der Waals surface area contributed by atoms with Crippen molar-refractivity contribution < 1.29 is 0 Å². The lowest BCUT2D eigenvalue weighted by molar-refractivity contribution is 0.324. The first-order valence-electron chi connectivity index (χ1n) is 6.14. The number of fused-ring (bicyclic) bond motifs is 1. The third-order valence-electron chi connectivity index (χ3n) is 3.80. The molecule has 0 spiro atoms. The number of nitriles is 1. The number of aromatic nitrogens is 1. The van der Waals surface area contributed by atoms with E-state index in [1.54, 1.807) is 6.20 Å². The molecule has 1 aliphatic carbocycles. The van der Waals surface area contributed by atoms with Gasteiger partial charge >= 0.3 is 0 Å². The first-order valence-corrected chi connectivity index (χ1v) is 6.14. The summed E-state index contributed by atoms with van der Waals surface area (Å²) in [5, 5.41) is 12.3. The van der Waals surface area contributed by atoms with Gasteiger partial charge in [-0.05, 0) is 55.0 Å². The molecule has 3 rings (SSSR count). The van der Waals surface area contributed by atoms with Crippen LogP contribution in [0.5, 0.6) is 0 Å². The molecular formula is C14H15N3. The molecule has 0 unspecified atom stereocenters. The fourth-order valence-corrected chi connectivity index (χ4v) is 2.89. The van der Waals surface area contributed by atoms with Crippen molar-refractivity contribution in [3.63, 3.8) is 0 Å². The number of nitrogens with one attached hydrogen (secondary N) is 1. The quantitative estimate of drug-likeness (QED) is 0.795. The molecule has 3 heteroatoms. The van der Waals surface area contributed by atoms with E-state index in [0.717, 1.165) is 36.9 Å². The van der Waals surface area contributed by atoms with Crippen molar-refractivity contribution in [3.8, 4) is 6.07 Å². The average molecular weight is 225 g/mol. The van der Waals surface area contributed by atoms with Crippen LogP contribution in [-0.4, -0.2) is 18.1 Å². The van der Waals surface area contributed by atoms with Crippen LogP contribution in [0.1, 0.15) is 24.0 Å². The fraction of sp³-hybridized carbons (Fsp3) is 0.429. The maximum atomic E-state index is 8.89. The van der Waals surface area contributed by atoms with Crippen LogP contribution < -0.4 is 5.32 Å². The molecule has 0 amide bonds. The lowest BCUT2D eigenvalue weighted by Crippen LogP contribution is -2.33. The molecule has 2 heterocycles. The molecule has 1 aromatic rings. The smallest absolute Gasteiger partial charge is 0.101 e. The van der Waals surface area contributed by atoms with Gasteiger partial charge in [0.05, 0.1) is 5.56 Å². The summed E-state index contributed by atoms with van der Waals surface area (Å²) in [4.78, 5) is 4.14. The van der Waals surface area contributed by atoms with E-state index in [2.05, 4.69) is 22.4 Å². The Hall–Kier alpha value is -1.66. The summed E-state index contributed by atoms with van der Waals surface area (Å²) >= 11 is 0. The summed E-state index contributed by atoms with van der Waals surface area (Å²) < 4.78 is 0. The monoisotopic (exact) mass is 225 g/mol. The third-order valence-corrected chi connectivity index (χ3v) is 3.80. The van der Waals surface area contributed by atoms with Gasteiger partial charge in [-0.15, -0.1) is 0 Å². The lowest BCUT2D eigenvalue weighted by atomic mass is 9.89. The topological polar surface area (TPSA) is 48.7 Å². The molecule has 1 aromatic heterocycles. The first kappa shape index (κ1) is 10.5. The second-order valence-corrected chi connectivity index (χ2v) is 4.89. The van der Waals surface area contributed by atoms with Gasteiger partial charge in [0.15, 0.2) is 0 Å². The number of rotatable bonds is 1. The number of nitrogens with zero attached hydrogens (tertiary/aromatic N) is 2. The SMILES string of the molecule is N#Cc1cncc(C2=C[C@@H]3CCNC[C@@H]3C2)c1. The van der Waals surface area contributed by atoms with Gasteiger partial charge in [-0.1, -0.05) is 6.08 Å². The lowest BCUT2D eigenvalue weighted by Gasteiger charge is -2.25. The highest BCUT2D eigenvalue weighted by molar-refractivity contribution is 5.68. The van der Waals surface area contributed by atoms with Gasteiger partial charge in [-0.25, -0.2) is 0 Å². The molecule has 0 saturated carbocycles. The second-order valence-electron chi connectivity index (χ2n) is 4.89. The normalized spacial score (nSPS) is 27.1. The predicted molar refractivity (Wildman–Crippen MR) is 66.0 cm³/mol. The Labute approximate surface area is 101 Å². The Bertz CT molecular complexity index is 498. The third kappa shape index (κ3) is 1.96. The minimum absolute atomic E-state index is 0.649. The molecule has 3 nitrogen and oxygen atoms in total. The Morgan fingerprint density at radius 2 is 2.35 bits per heavy atom. The van der Waals surface area contributed by atoms with Gasteiger partial charge in [-0.3, -0.25) is 4.98 Å². The van der Waals surface area contributed by atoms with Crippen LogP contribution in [0.4, 0.5) is 0 Å². The van der Waals surface area contributed by atoms with E-state index in [0.29, 0.717) is 5.56 Å². The highest BCUT2D eigenvalue weighted by atomic mass is 14.9. The molecule has 2 atom stereocenters. The Morgan fingerprint density at radius 1 is 1.41 bits per heavy atom.